The standard InChI is InChI=1S/C11H12FNO3S/c1-4-10-7(2)9(6-13)5-11(8(10)3)16-17(12,14)15/h1,5H,6,13H2,2-3H3. The highest BCUT2D eigenvalue weighted by atomic mass is 32.3. The molecule has 0 aromatic heterocycles. The van der Waals surface area contributed by atoms with Crippen LogP contribution in [0.25, 0.3) is 0 Å². The molecule has 0 saturated carbocycles. The molecular weight excluding hydrogens is 245 g/mol. The molecule has 6 heteroatoms. The van der Waals surface area contributed by atoms with Crippen LogP contribution in [-0.4, -0.2) is 8.42 Å². The van der Waals surface area contributed by atoms with E-state index in [4.69, 9.17) is 12.2 Å². The first-order chi connectivity index (χ1) is 7.80. The topological polar surface area (TPSA) is 69.4 Å². The molecule has 92 valence electrons. The fourth-order valence-electron chi connectivity index (χ4n) is 1.56. The second-order valence-corrected chi connectivity index (χ2v) is 4.44. The molecule has 0 aliphatic carbocycles. The Labute approximate surface area is 100 Å². The van der Waals surface area contributed by atoms with Crippen LogP contribution in [0.4, 0.5) is 3.89 Å². The van der Waals surface area contributed by atoms with Gasteiger partial charge in [0.2, 0.25) is 0 Å². The number of rotatable bonds is 3. The van der Waals surface area contributed by atoms with E-state index in [1.165, 1.54) is 6.07 Å². The summed E-state index contributed by atoms with van der Waals surface area (Å²) in [7, 11) is -5.07. The van der Waals surface area contributed by atoms with Crippen molar-refractivity contribution >= 4 is 10.5 Å². The molecule has 0 aliphatic rings. The number of benzene rings is 1. The van der Waals surface area contributed by atoms with Crippen LogP contribution in [0.3, 0.4) is 0 Å². The summed E-state index contributed by atoms with van der Waals surface area (Å²) in [5.41, 5.74) is 7.72. The van der Waals surface area contributed by atoms with E-state index >= 15 is 0 Å². The lowest BCUT2D eigenvalue weighted by Crippen LogP contribution is -2.08. The number of nitrogens with two attached hydrogens (primary N) is 1. The Hall–Kier alpha value is -1.58. The molecular formula is C11H12FNO3S. The summed E-state index contributed by atoms with van der Waals surface area (Å²) in [5.74, 6) is 2.28. The van der Waals surface area contributed by atoms with Gasteiger partial charge in [-0.25, -0.2) is 0 Å². The molecule has 1 aromatic rings. The van der Waals surface area contributed by atoms with Crippen molar-refractivity contribution in [2.24, 2.45) is 5.73 Å². The Morgan fingerprint density at radius 2 is 2.06 bits per heavy atom. The molecule has 0 amide bonds. The predicted octanol–water partition coefficient (Wildman–Crippen LogP) is 1.34. The van der Waals surface area contributed by atoms with Crippen molar-refractivity contribution in [3.05, 3.63) is 28.3 Å². The zero-order valence-electron chi connectivity index (χ0n) is 9.45. The van der Waals surface area contributed by atoms with Gasteiger partial charge in [-0.1, -0.05) is 9.81 Å². The zero-order valence-corrected chi connectivity index (χ0v) is 10.3. The quantitative estimate of drug-likeness (QED) is 0.655. The van der Waals surface area contributed by atoms with Crippen molar-refractivity contribution in [2.75, 3.05) is 0 Å². The molecule has 0 bridgehead atoms. The Kier molecular flexibility index (Phi) is 3.76. The summed E-state index contributed by atoms with van der Waals surface area (Å²) in [6.07, 6.45) is 5.32. The minimum absolute atomic E-state index is 0.133. The van der Waals surface area contributed by atoms with Gasteiger partial charge in [0, 0.05) is 17.7 Å². The van der Waals surface area contributed by atoms with Crippen molar-refractivity contribution < 1.29 is 16.5 Å². The normalized spacial score (nSPS) is 11.0. The third kappa shape index (κ3) is 2.96. The molecule has 17 heavy (non-hydrogen) atoms. The monoisotopic (exact) mass is 257 g/mol. The third-order valence-electron chi connectivity index (χ3n) is 2.46. The van der Waals surface area contributed by atoms with Gasteiger partial charge in [-0.05, 0) is 31.0 Å². The van der Waals surface area contributed by atoms with E-state index in [2.05, 4.69) is 10.1 Å². The average molecular weight is 257 g/mol. The third-order valence-corrected chi connectivity index (χ3v) is 2.84. The van der Waals surface area contributed by atoms with Crippen LogP contribution >= 0.6 is 0 Å². The minimum atomic E-state index is -5.07. The second kappa shape index (κ2) is 4.73. The molecule has 0 saturated heterocycles. The van der Waals surface area contributed by atoms with Gasteiger partial charge in [-0.15, -0.1) is 6.42 Å². The molecule has 0 spiro atoms. The Morgan fingerprint density at radius 3 is 2.47 bits per heavy atom. The van der Waals surface area contributed by atoms with Crippen LogP contribution in [0, 0.1) is 26.2 Å². The first-order valence-electron chi connectivity index (χ1n) is 4.74. The van der Waals surface area contributed by atoms with Crippen LogP contribution in [0.5, 0.6) is 5.75 Å². The average Bonchev–Trinajstić information content (AvgIpc) is 2.21. The Balaban J connectivity index is 3.48. The largest absolute Gasteiger partial charge is 0.488 e. The van der Waals surface area contributed by atoms with Gasteiger partial charge < -0.3 is 9.92 Å². The van der Waals surface area contributed by atoms with Crippen LogP contribution in [-0.2, 0) is 17.0 Å². The van der Waals surface area contributed by atoms with E-state index in [9.17, 15) is 12.3 Å². The number of halogens is 1. The number of terminal acetylenes is 1. The van der Waals surface area contributed by atoms with Gasteiger partial charge in [0.1, 0.15) is 5.75 Å². The highest BCUT2D eigenvalue weighted by Crippen LogP contribution is 2.28. The summed E-state index contributed by atoms with van der Waals surface area (Å²) in [6, 6.07) is 1.38. The maximum atomic E-state index is 12.5. The van der Waals surface area contributed by atoms with Gasteiger partial charge in [-0.2, -0.15) is 8.42 Å². The van der Waals surface area contributed by atoms with Gasteiger partial charge in [0.25, 0.3) is 0 Å². The second-order valence-electron chi connectivity index (χ2n) is 3.48. The summed E-state index contributed by atoms with van der Waals surface area (Å²) in [6.45, 7) is 3.48. The van der Waals surface area contributed by atoms with Gasteiger partial charge >= 0.3 is 10.5 Å². The van der Waals surface area contributed by atoms with Crippen LogP contribution in [0.2, 0.25) is 0 Å². The van der Waals surface area contributed by atoms with Crippen LogP contribution < -0.4 is 9.92 Å². The molecule has 2 N–H and O–H groups in total. The fourth-order valence-corrected chi connectivity index (χ4v) is 1.95. The van der Waals surface area contributed by atoms with E-state index in [0.717, 1.165) is 5.56 Å². The molecule has 0 fully saturated rings. The van der Waals surface area contributed by atoms with Crippen molar-refractivity contribution in [1.82, 2.24) is 0 Å². The molecule has 0 radical (unpaired) electrons. The van der Waals surface area contributed by atoms with Crippen LogP contribution in [0.15, 0.2) is 6.07 Å². The summed E-state index contributed by atoms with van der Waals surface area (Å²) < 4.78 is 37.7. The van der Waals surface area contributed by atoms with E-state index in [1.54, 1.807) is 13.8 Å². The molecule has 4 nitrogen and oxygen atoms in total. The highest BCUT2D eigenvalue weighted by molar-refractivity contribution is 7.81. The van der Waals surface area contributed by atoms with Crippen LogP contribution in [0.1, 0.15) is 22.3 Å². The van der Waals surface area contributed by atoms with Gasteiger partial charge in [0.15, 0.2) is 0 Å². The summed E-state index contributed by atoms with van der Waals surface area (Å²) >= 11 is 0. The Morgan fingerprint density at radius 1 is 1.47 bits per heavy atom. The van der Waals surface area contributed by atoms with E-state index < -0.39 is 10.5 Å². The number of hydrogen-bond acceptors (Lipinski definition) is 4. The van der Waals surface area contributed by atoms with Gasteiger partial charge in [-0.3, -0.25) is 0 Å². The summed E-state index contributed by atoms with van der Waals surface area (Å²) in [5, 5.41) is 0. The SMILES string of the molecule is C#Cc1c(C)c(CN)cc(OS(=O)(=O)F)c1C. The maximum Gasteiger partial charge on any atom is 0.488 e. The van der Waals surface area contributed by atoms with Crippen molar-refractivity contribution in [2.45, 2.75) is 20.4 Å². The van der Waals surface area contributed by atoms with Gasteiger partial charge in [0.05, 0.1) is 0 Å². The molecule has 0 atom stereocenters. The van der Waals surface area contributed by atoms with E-state index in [-0.39, 0.29) is 12.3 Å². The fraction of sp³-hybridized carbons (Fsp3) is 0.273. The molecule has 0 heterocycles. The molecule has 1 rings (SSSR count). The lowest BCUT2D eigenvalue weighted by Gasteiger charge is -2.13. The first kappa shape index (κ1) is 13.5. The first-order valence-corrected chi connectivity index (χ1v) is 6.04. The maximum absolute atomic E-state index is 12.5. The minimum Gasteiger partial charge on any atom is -0.358 e. The highest BCUT2D eigenvalue weighted by Gasteiger charge is 2.17. The molecule has 1 aromatic carbocycles. The lowest BCUT2D eigenvalue weighted by molar-refractivity contribution is 0.438. The molecule has 0 aliphatic heterocycles. The summed E-state index contributed by atoms with van der Waals surface area (Å²) in [4.78, 5) is 0. The predicted molar refractivity (Wildman–Crippen MR) is 62.4 cm³/mol. The van der Waals surface area contributed by atoms with Crippen molar-refractivity contribution in [3.63, 3.8) is 0 Å². The number of hydrogen-bond donors (Lipinski definition) is 1. The van der Waals surface area contributed by atoms with Crippen molar-refractivity contribution in [1.29, 1.82) is 0 Å². The smallest absolute Gasteiger partial charge is 0.358 e. The zero-order chi connectivity index (χ0) is 13.2. The lowest BCUT2D eigenvalue weighted by atomic mass is 9.97. The van der Waals surface area contributed by atoms with E-state index in [0.29, 0.717) is 16.7 Å². The Bertz CT molecular complexity index is 588. The molecule has 0 unspecified atom stereocenters. The van der Waals surface area contributed by atoms with E-state index in [1.807, 2.05) is 0 Å². The van der Waals surface area contributed by atoms with Crippen molar-refractivity contribution in [3.8, 4) is 18.1 Å².